The number of ether oxygens (including phenoxy) is 1. The van der Waals surface area contributed by atoms with Crippen LogP contribution in [0.3, 0.4) is 0 Å². The van der Waals surface area contributed by atoms with Gasteiger partial charge in [-0.1, -0.05) is 12.1 Å². The number of nitrogens with two attached hydrogens (primary N) is 1. The summed E-state index contributed by atoms with van der Waals surface area (Å²) < 4.78 is 5.30. The van der Waals surface area contributed by atoms with Gasteiger partial charge in [-0.05, 0) is 30.5 Å². The third-order valence-corrected chi connectivity index (χ3v) is 3.46. The number of nitrogens with zero attached hydrogens (tertiary/aromatic N) is 1. The Morgan fingerprint density at radius 2 is 1.89 bits per heavy atom. The highest BCUT2D eigenvalue weighted by atomic mass is 35.5. The van der Waals surface area contributed by atoms with E-state index in [2.05, 4.69) is 0 Å². The third kappa shape index (κ3) is 4.40. The number of carbonyl (C=O) groups is 1. The summed E-state index contributed by atoms with van der Waals surface area (Å²) in [6.07, 6.45) is 2.64. The summed E-state index contributed by atoms with van der Waals surface area (Å²) in [6, 6.07) is 7.49. The van der Waals surface area contributed by atoms with E-state index in [0.717, 1.165) is 37.2 Å². The number of hydrogen-bond acceptors (Lipinski definition) is 3. The maximum Gasteiger partial charge on any atom is 0.226 e. The van der Waals surface area contributed by atoms with Crippen LogP contribution in [0.2, 0.25) is 0 Å². The minimum Gasteiger partial charge on any atom is -0.399 e. The Kier molecular flexibility index (Phi) is 6.12. The van der Waals surface area contributed by atoms with E-state index in [-0.39, 0.29) is 18.3 Å². The average Bonchev–Trinajstić information content (AvgIpc) is 2.41. The van der Waals surface area contributed by atoms with Crippen LogP contribution in [0.15, 0.2) is 24.3 Å². The molecule has 1 fully saturated rings. The Morgan fingerprint density at radius 1 is 1.32 bits per heavy atom. The summed E-state index contributed by atoms with van der Waals surface area (Å²) >= 11 is 0. The van der Waals surface area contributed by atoms with Crippen molar-refractivity contribution in [2.75, 3.05) is 25.9 Å². The highest BCUT2D eigenvalue weighted by molar-refractivity contribution is 5.85. The summed E-state index contributed by atoms with van der Waals surface area (Å²) in [5.41, 5.74) is 7.37. The second kappa shape index (κ2) is 7.36. The van der Waals surface area contributed by atoms with Gasteiger partial charge in [0.1, 0.15) is 0 Å². The summed E-state index contributed by atoms with van der Waals surface area (Å²) in [5, 5.41) is 0. The van der Waals surface area contributed by atoms with Gasteiger partial charge in [0.25, 0.3) is 0 Å². The number of piperidine rings is 1. The Balaban J connectivity index is 0.00000180. The third-order valence-electron chi connectivity index (χ3n) is 3.46. The van der Waals surface area contributed by atoms with Crippen molar-refractivity contribution in [3.8, 4) is 0 Å². The molecule has 4 nitrogen and oxygen atoms in total. The molecule has 1 heterocycles. The van der Waals surface area contributed by atoms with E-state index in [1.165, 1.54) is 0 Å². The Bertz CT molecular complexity index is 400. The zero-order valence-electron chi connectivity index (χ0n) is 11.2. The van der Waals surface area contributed by atoms with Crippen LogP contribution in [-0.4, -0.2) is 37.1 Å². The number of anilines is 1. The lowest BCUT2D eigenvalue weighted by Crippen LogP contribution is -2.41. The number of amides is 1. The first-order chi connectivity index (χ1) is 8.69. The molecule has 1 amide bonds. The van der Waals surface area contributed by atoms with E-state index in [4.69, 9.17) is 10.5 Å². The first kappa shape index (κ1) is 15.8. The van der Waals surface area contributed by atoms with Crippen molar-refractivity contribution in [2.24, 2.45) is 0 Å². The molecule has 1 aliphatic rings. The molecule has 0 unspecified atom stereocenters. The number of carbonyl (C=O) groups excluding carboxylic acids is 1. The van der Waals surface area contributed by atoms with Gasteiger partial charge in [-0.15, -0.1) is 12.4 Å². The molecule has 0 bridgehead atoms. The van der Waals surface area contributed by atoms with Crippen LogP contribution in [0.5, 0.6) is 0 Å². The Hall–Kier alpha value is -1.26. The molecule has 1 aromatic carbocycles. The van der Waals surface area contributed by atoms with Crippen molar-refractivity contribution in [1.82, 2.24) is 4.90 Å². The van der Waals surface area contributed by atoms with Crippen LogP contribution >= 0.6 is 12.4 Å². The summed E-state index contributed by atoms with van der Waals surface area (Å²) in [4.78, 5) is 14.0. The molecule has 0 saturated carbocycles. The SMILES string of the molecule is COC1CCN(C(=O)Cc2ccc(N)cc2)CC1.Cl. The zero-order valence-corrected chi connectivity index (χ0v) is 12.0. The van der Waals surface area contributed by atoms with Gasteiger partial charge in [0.2, 0.25) is 5.91 Å². The molecule has 0 aromatic heterocycles. The first-order valence-corrected chi connectivity index (χ1v) is 6.34. The fraction of sp³-hybridized carbons (Fsp3) is 0.500. The van der Waals surface area contributed by atoms with Gasteiger partial charge in [0, 0.05) is 25.9 Å². The van der Waals surface area contributed by atoms with E-state index in [1.54, 1.807) is 7.11 Å². The monoisotopic (exact) mass is 284 g/mol. The average molecular weight is 285 g/mol. The predicted octanol–water partition coefficient (Wildman–Crippen LogP) is 1.87. The van der Waals surface area contributed by atoms with Crippen LogP contribution in [0.25, 0.3) is 0 Å². The first-order valence-electron chi connectivity index (χ1n) is 6.34. The highest BCUT2D eigenvalue weighted by Gasteiger charge is 2.22. The van der Waals surface area contributed by atoms with Crippen molar-refractivity contribution >= 4 is 24.0 Å². The molecule has 19 heavy (non-hydrogen) atoms. The lowest BCUT2D eigenvalue weighted by atomic mass is 10.1. The lowest BCUT2D eigenvalue weighted by Gasteiger charge is -2.31. The van der Waals surface area contributed by atoms with Gasteiger partial charge < -0.3 is 15.4 Å². The van der Waals surface area contributed by atoms with Crippen LogP contribution in [0, 0.1) is 0 Å². The van der Waals surface area contributed by atoms with Crippen molar-refractivity contribution in [3.05, 3.63) is 29.8 Å². The van der Waals surface area contributed by atoms with Crippen LogP contribution in [0.1, 0.15) is 18.4 Å². The minimum atomic E-state index is 0. The van der Waals surface area contributed by atoms with Crippen molar-refractivity contribution < 1.29 is 9.53 Å². The fourth-order valence-electron chi connectivity index (χ4n) is 2.26. The maximum absolute atomic E-state index is 12.1. The molecular weight excluding hydrogens is 264 g/mol. The quantitative estimate of drug-likeness (QED) is 0.862. The molecule has 0 spiro atoms. The van der Waals surface area contributed by atoms with Crippen LogP contribution in [0.4, 0.5) is 5.69 Å². The Labute approximate surface area is 120 Å². The molecule has 0 aliphatic carbocycles. The van der Waals surface area contributed by atoms with Crippen molar-refractivity contribution in [1.29, 1.82) is 0 Å². The van der Waals surface area contributed by atoms with E-state index < -0.39 is 0 Å². The minimum absolute atomic E-state index is 0. The zero-order chi connectivity index (χ0) is 13.0. The summed E-state index contributed by atoms with van der Waals surface area (Å²) in [6.45, 7) is 1.60. The molecule has 1 aliphatic heterocycles. The van der Waals surface area contributed by atoms with Gasteiger partial charge in [0.15, 0.2) is 0 Å². The standard InChI is InChI=1S/C14H20N2O2.ClH/c1-18-13-6-8-16(9-7-13)14(17)10-11-2-4-12(15)5-3-11;/h2-5,13H,6-10,15H2,1H3;1H. The van der Waals surface area contributed by atoms with Gasteiger partial charge in [0.05, 0.1) is 12.5 Å². The largest absolute Gasteiger partial charge is 0.399 e. The van der Waals surface area contributed by atoms with Gasteiger partial charge in [-0.25, -0.2) is 0 Å². The lowest BCUT2D eigenvalue weighted by molar-refractivity contribution is -0.132. The Morgan fingerprint density at radius 3 is 2.42 bits per heavy atom. The molecule has 2 rings (SSSR count). The summed E-state index contributed by atoms with van der Waals surface area (Å²) in [5.74, 6) is 0.189. The smallest absolute Gasteiger partial charge is 0.226 e. The second-order valence-corrected chi connectivity index (χ2v) is 4.73. The van der Waals surface area contributed by atoms with Gasteiger partial charge in [-0.2, -0.15) is 0 Å². The second-order valence-electron chi connectivity index (χ2n) is 4.73. The van der Waals surface area contributed by atoms with Gasteiger partial charge >= 0.3 is 0 Å². The molecule has 0 atom stereocenters. The molecular formula is C14H21ClN2O2. The number of nitrogen functional groups attached to an aromatic ring is 1. The molecule has 106 valence electrons. The van der Waals surface area contributed by atoms with E-state index >= 15 is 0 Å². The molecule has 1 aromatic rings. The number of halogens is 1. The topological polar surface area (TPSA) is 55.6 Å². The molecule has 0 radical (unpaired) electrons. The van der Waals surface area contributed by atoms with Crippen LogP contribution in [-0.2, 0) is 16.0 Å². The number of rotatable bonds is 3. The number of hydrogen-bond donors (Lipinski definition) is 1. The van der Waals surface area contributed by atoms with Crippen molar-refractivity contribution in [2.45, 2.75) is 25.4 Å². The number of methoxy groups -OCH3 is 1. The van der Waals surface area contributed by atoms with E-state index in [9.17, 15) is 4.79 Å². The van der Waals surface area contributed by atoms with E-state index in [0.29, 0.717) is 12.5 Å². The number of likely N-dealkylation sites (tertiary alicyclic amines) is 1. The molecule has 1 saturated heterocycles. The van der Waals surface area contributed by atoms with Gasteiger partial charge in [-0.3, -0.25) is 4.79 Å². The van der Waals surface area contributed by atoms with Crippen LogP contribution < -0.4 is 5.73 Å². The normalized spacial score (nSPS) is 15.9. The molecule has 5 heteroatoms. The van der Waals surface area contributed by atoms with E-state index in [1.807, 2.05) is 29.2 Å². The highest BCUT2D eigenvalue weighted by Crippen LogP contribution is 2.14. The molecule has 2 N–H and O–H groups in total. The number of benzene rings is 1. The predicted molar refractivity (Wildman–Crippen MR) is 78.4 cm³/mol. The van der Waals surface area contributed by atoms with Crippen molar-refractivity contribution in [3.63, 3.8) is 0 Å². The summed E-state index contributed by atoms with van der Waals surface area (Å²) in [7, 11) is 1.73. The fourth-order valence-corrected chi connectivity index (χ4v) is 2.26. The maximum atomic E-state index is 12.1.